The molecule has 56 valence electrons. The molecule has 0 bridgehead atoms. The van der Waals surface area contributed by atoms with Crippen molar-refractivity contribution in [2.24, 2.45) is 7.05 Å². The van der Waals surface area contributed by atoms with Crippen molar-refractivity contribution in [2.75, 3.05) is 0 Å². The van der Waals surface area contributed by atoms with Crippen LogP contribution in [0.1, 0.15) is 18.9 Å². The van der Waals surface area contributed by atoms with Gasteiger partial charge in [0.1, 0.15) is 6.10 Å². The van der Waals surface area contributed by atoms with Crippen molar-refractivity contribution >= 4 is 12.2 Å². The molecule has 0 saturated heterocycles. The Morgan fingerprint density at radius 3 is 2.60 bits per heavy atom. The molecule has 0 spiro atoms. The predicted octanol–water partition coefficient (Wildman–Crippen LogP) is 0.531. The monoisotopic (exact) mass is 159 g/mol. The van der Waals surface area contributed by atoms with Gasteiger partial charge >= 0.3 is 0 Å². The van der Waals surface area contributed by atoms with Gasteiger partial charge in [0.25, 0.3) is 0 Å². The largest absolute Gasteiger partial charge is 0.385 e. The highest BCUT2D eigenvalue weighted by Gasteiger charge is 2.03. The number of aromatic nitrogens is 3. The van der Waals surface area contributed by atoms with E-state index in [4.69, 9.17) is 17.3 Å². The number of nitrogens with one attached hydrogen (secondary N) is 1. The molecule has 0 aromatic carbocycles. The van der Waals surface area contributed by atoms with E-state index in [1.54, 1.807) is 18.7 Å². The smallest absolute Gasteiger partial charge is 0.215 e. The first kappa shape index (κ1) is 7.43. The normalized spacial score (nSPS) is 13.5. The SMILES string of the molecule is C[C@H](O)c1nc(=S)n(C)[nH]1. The van der Waals surface area contributed by atoms with Gasteiger partial charge in [-0.1, -0.05) is 0 Å². The summed E-state index contributed by atoms with van der Waals surface area (Å²) >= 11 is 4.80. The highest BCUT2D eigenvalue weighted by atomic mass is 32.1. The number of nitrogens with zero attached hydrogens (tertiary/aromatic N) is 2. The topological polar surface area (TPSA) is 53.8 Å². The minimum Gasteiger partial charge on any atom is -0.385 e. The lowest BCUT2D eigenvalue weighted by Crippen LogP contribution is -1.95. The van der Waals surface area contributed by atoms with Crippen LogP contribution in [0.3, 0.4) is 0 Å². The summed E-state index contributed by atoms with van der Waals surface area (Å²) in [5, 5.41) is 11.8. The average Bonchev–Trinajstić information content (AvgIpc) is 2.13. The third kappa shape index (κ3) is 1.25. The second kappa shape index (κ2) is 2.51. The predicted molar refractivity (Wildman–Crippen MR) is 39.0 cm³/mol. The minimum atomic E-state index is -0.581. The molecule has 0 unspecified atom stereocenters. The lowest BCUT2D eigenvalue weighted by Gasteiger charge is -1.95. The first-order valence-corrected chi connectivity index (χ1v) is 3.33. The Balaban J connectivity index is 3.10. The van der Waals surface area contributed by atoms with Crippen LogP contribution in [0.15, 0.2) is 0 Å². The van der Waals surface area contributed by atoms with Gasteiger partial charge in [-0.15, -0.1) is 0 Å². The molecule has 0 aliphatic carbocycles. The van der Waals surface area contributed by atoms with Crippen molar-refractivity contribution in [3.8, 4) is 0 Å². The molecule has 1 atom stereocenters. The van der Waals surface area contributed by atoms with E-state index in [0.717, 1.165) is 0 Å². The summed E-state index contributed by atoms with van der Waals surface area (Å²) in [7, 11) is 1.75. The van der Waals surface area contributed by atoms with Crippen LogP contribution >= 0.6 is 12.2 Å². The second-order valence-corrected chi connectivity index (χ2v) is 2.49. The Labute approximate surface area is 63.5 Å². The molecule has 2 N–H and O–H groups in total. The zero-order chi connectivity index (χ0) is 7.72. The lowest BCUT2D eigenvalue weighted by atomic mass is 10.4. The number of aromatic amines is 1. The molecule has 0 fully saturated rings. The molecule has 1 aromatic rings. The van der Waals surface area contributed by atoms with Crippen LogP contribution in [-0.4, -0.2) is 19.9 Å². The average molecular weight is 159 g/mol. The number of hydrogen-bond donors (Lipinski definition) is 2. The van der Waals surface area contributed by atoms with Gasteiger partial charge in [0.15, 0.2) is 5.82 Å². The van der Waals surface area contributed by atoms with Crippen molar-refractivity contribution < 1.29 is 5.11 Å². The van der Waals surface area contributed by atoms with E-state index in [0.29, 0.717) is 10.6 Å². The molecule has 0 amide bonds. The van der Waals surface area contributed by atoms with Crippen molar-refractivity contribution in [1.29, 1.82) is 0 Å². The number of aliphatic hydroxyl groups is 1. The van der Waals surface area contributed by atoms with Gasteiger partial charge < -0.3 is 5.11 Å². The summed E-state index contributed by atoms with van der Waals surface area (Å²) in [4.78, 5) is 3.88. The Bertz CT molecular complexity index is 275. The van der Waals surface area contributed by atoms with Gasteiger partial charge in [-0.3, -0.25) is 9.78 Å². The van der Waals surface area contributed by atoms with E-state index in [-0.39, 0.29) is 0 Å². The Morgan fingerprint density at radius 2 is 2.40 bits per heavy atom. The number of aryl methyl sites for hydroxylation is 1. The lowest BCUT2D eigenvalue weighted by molar-refractivity contribution is 0.188. The molecule has 0 radical (unpaired) electrons. The summed E-state index contributed by atoms with van der Waals surface area (Å²) in [6.45, 7) is 1.63. The summed E-state index contributed by atoms with van der Waals surface area (Å²) in [6.07, 6.45) is -0.581. The Morgan fingerprint density at radius 1 is 1.80 bits per heavy atom. The molecule has 1 heterocycles. The molecule has 0 aliphatic heterocycles. The molecule has 1 aromatic heterocycles. The van der Waals surface area contributed by atoms with Crippen LogP contribution in [0.5, 0.6) is 0 Å². The zero-order valence-corrected chi connectivity index (χ0v) is 6.64. The van der Waals surface area contributed by atoms with Crippen molar-refractivity contribution in [3.63, 3.8) is 0 Å². The van der Waals surface area contributed by atoms with Gasteiger partial charge in [-0.05, 0) is 19.1 Å². The molecule has 5 heteroatoms. The fourth-order valence-corrected chi connectivity index (χ4v) is 0.754. The third-order valence-corrected chi connectivity index (χ3v) is 1.55. The third-order valence-electron chi connectivity index (χ3n) is 1.18. The van der Waals surface area contributed by atoms with Gasteiger partial charge in [0.05, 0.1) is 0 Å². The minimum absolute atomic E-state index is 0.455. The second-order valence-electron chi connectivity index (χ2n) is 2.13. The van der Waals surface area contributed by atoms with E-state index in [2.05, 4.69) is 10.1 Å². The van der Waals surface area contributed by atoms with E-state index in [9.17, 15) is 0 Å². The van der Waals surface area contributed by atoms with Gasteiger partial charge in [-0.2, -0.15) is 0 Å². The Hall–Kier alpha value is -0.680. The van der Waals surface area contributed by atoms with Crippen LogP contribution in [0.2, 0.25) is 0 Å². The van der Waals surface area contributed by atoms with Crippen LogP contribution in [0.25, 0.3) is 0 Å². The highest BCUT2D eigenvalue weighted by Crippen LogP contribution is 2.03. The zero-order valence-electron chi connectivity index (χ0n) is 5.83. The number of hydrogen-bond acceptors (Lipinski definition) is 3. The van der Waals surface area contributed by atoms with E-state index < -0.39 is 6.10 Å². The number of aliphatic hydroxyl groups excluding tert-OH is 1. The van der Waals surface area contributed by atoms with E-state index >= 15 is 0 Å². The van der Waals surface area contributed by atoms with E-state index in [1.807, 2.05) is 0 Å². The van der Waals surface area contributed by atoms with Crippen LogP contribution in [0.4, 0.5) is 0 Å². The molecule has 0 aliphatic rings. The van der Waals surface area contributed by atoms with Gasteiger partial charge in [0, 0.05) is 7.05 Å². The maximum atomic E-state index is 9.01. The van der Waals surface area contributed by atoms with Gasteiger partial charge in [-0.25, -0.2) is 4.98 Å². The van der Waals surface area contributed by atoms with Crippen LogP contribution in [-0.2, 0) is 7.05 Å². The molecule has 0 saturated carbocycles. The molecule has 10 heavy (non-hydrogen) atoms. The quantitative estimate of drug-likeness (QED) is 0.588. The summed E-state index contributed by atoms with van der Waals surface area (Å²) in [5.41, 5.74) is 0. The first-order chi connectivity index (χ1) is 4.61. The molecular formula is C5H9N3OS. The maximum absolute atomic E-state index is 9.01. The van der Waals surface area contributed by atoms with Gasteiger partial charge in [0.2, 0.25) is 4.77 Å². The number of H-pyrrole nitrogens is 1. The van der Waals surface area contributed by atoms with Crippen molar-refractivity contribution in [1.82, 2.24) is 14.8 Å². The van der Waals surface area contributed by atoms with E-state index in [1.165, 1.54) is 0 Å². The van der Waals surface area contributed by atoms with Crippen LogP contribution in [0, 0.1) is 4.77 Å². The van der Waals surface area contributed by atoms with Crippen molar-refractivity contribution in [3.05, 3.63) is 10.6 Å². The molecular weight excluding hydrogens is 150 g/mol. The Kier molecular flexibility index (Phi) is 1.87. The fourth-order valence-electron chi connectivity index (χ4n) is 0.610. The summed E-state index contributed by atoms with van der Waals surface area (Å²) in [6, 6.07) is 0. The number of rotatable bonds is 1. The molecule has 4 nitrogen and oxygen atoms in total. The van der Waals surface area contributed by atoms with Crippen LogP contribution < -0.4 is 0 Å². The summed E-state index contributed by atoms with van der Waals surface area (Å²) in [5.74, 6) is 0.507. The first-order valence-electron chi connectivity index (χ1n) is 2.92. The van der Waals surface area contributed by atoms with Crippen molar-refractivity contribution in [2.45, 2.75) is 13.0 Å². The highest BCUT2D eigenvalue weighted by molar-refractivity contribution is 7.71. The maximum Gasteiger partial charge on any atom is 0.215 e. The standard InChI is InChI=1S/C5H9N3OS/c1-3(9)4-6-5(10)8(2)7-4/h3,9H,1-2H3,(H,6,7,10)/t3-/m0/s1. The molecule has 1 rings (SSSR count). The fraction of sp³-hybridized carbons (Fsp3) is 0.600. The summed E-state index contributed by atoms with van der Waals surface area (Å²) < 4.78 is 2.04.